The van der Waals surface area contributed by atoms with E-state index < -0.39 is 0 Å². The van der Waals surface area contributed by atoms with Gasteiger partial charge in [0.25, 0.3) is 0 Å². The van der Waals surface area contributed by atoms with Crippen molar-refractivity contribution < 1.29 is 0 Å². The fourth-order valence-corrected chi connectivity index (χ4v) is 10.7. The zero-order valence-corrected chi connectivity index (χ0v) is 29.1. The van der Waals surface area contributed by atoms with Crippen LogP contribution in [0.5, 0.6) is 0 Å². The summed E-state index contributed by atoms with van der Waals surface area (Å²) in [4.78, 5) is 0. The Kier molecular flexibility index (Phi) is 5.83. The predicted molar refractivity (Wildman–Crippen MR) is 219 cm³/mol. The molecule has 2 aliphatic carbocycles. The van der Waals surface area contributed by atoms with Gasteiger partial charge in [-0.25, -0.2) is 0 Å². The SMILES string of the molecule is c1ccc(C2c3ccccc3-c3cc4c(cc32)-c2ccccc2C4c2ccc3c(c2)c2ccccc2n3-c2ccc3c(c2)sc2ccccc23)cc1. The first kappa shape index (κ1) is 28.5. The number of hydrogen-bond donors (Lipinski definition) is 0. The lowest BCUT2D eigenvalue weighted by Gasteiger charge is -2.18. The summed E-state index contributed by atoms with van der Waals surface area (Å²) >= 11 is 1.88. The average molecular weight is 678 g/mol. The second-order valence-electron chi connectivity index (χ2n) is 14.4. The quantitative estimate of drug-likeness (QED) is 0.175. The zero-order valence-electron chi connectivity index (χ0n) is 28.3. The van der Waals surface area contributed by atoms with Crippen LogP contribution >= 0.6 is 11.3 Å². The van der Waals surface area contributed by atoms with Gasteiger partial charge < -0.3 is 4.57 Å². The Bertz CT molecular complexity index is 3090. The molecule has 242 valence electrons. The molecule has 52 heavy (non-hydrogen) atoms. The predicted octanol–water partition coefficient (Wildman–Crippen LogP) is 13.5. The fraction of sp³-hybridized carbons (Fsp3) is 0.0400. The summed E-state index contributed by atoms with van der Waals surface area (Å²) in [7, 11) is 0. The van der Waals surface area contributed by atoms with E-state index in [4.69, 9.17) is 0 Å². The first-order chi connectivity index (χ1) is 25.8. The standard InChI is InChI=1S/C50H31NS/c1-2-12-30(13-3-1)49-38-18-6-4-14-33(38)40-29-44-41(28-43(40)49)34-15-5-7-19-39(34)50(44)31-22-25-46-42(26-31)35-16-8-10-20-45(35)51(46)32-23-24-37-36-17-9-11-21-47(36)52-48(37)27-32/h1-29,49-50H. The molecule has 0 bridgehead atoms. The van der Waals surface area contributed by atoms with Gasteiger partial charge in [-0.3, -0.25) is 0 Å². The van der Waals surface area contributed by atoms with Crippen LogP contribution in [0.2, 0.25) is 0 Å². The van der Waals surface area contributed by atoms with Crippen LogP contribution in [0.1, 0.15) is 45.2 Å². The molecule has 0 saturated carbocycles. The summed E-state index contributed by atoms with van der Waals surface area (Å²) in [5.41, 5.74) is 17.4. The number of benzene rings is 8. The van der Waals surface area contributed by atoms with E-state index in [0.29, 0.717) is 0 Å². The number of hydrogen-bond acceptors (Lipinski definition) is 1. The molecule has 2 aromatic heterocycles. The van der Waals surface area contributed by atoms with Gasteiger partial charge in [0.15, 0.2) is 0 Å². The lowest BCUT2D eigenvalue weighted by molar-refractivity contribution is 1.00. The Labute approximate surface area is 305 Å². The van der Waals surface area contributed by atoms with Crippen molar-refractivity contribution in [2.45, 2.75) is 11.8 Å². The third kappa shape index (κ3) is 3.88. The number of thiophene rings is 1. The number of nitrogens with zero attached hydrogens (tertiary/aromatic N) is 1. The average Bonchev–Trinajstić information content (AvgIpc) is 3.93. The number of fused-ring (bicyclic) bond motifs is 12. The molecule has 0 spiro atoms. The maximum atomic E-state index is 2.53. The highest BCUT2D eigenvalue weighted by Gasteiger charge is 2.36. The Morgan fingerprint density at radius 2 is 0.942 bits per heavy atom. The Morgan fingerprint density at radius 3 is 1.71 bits per heavy atom. The van der Waals surface area contributed by atoms with E-state index in [0.717, 1.165) is 0 Å². The largest absolute Gasteiger partial charge is 0.309 e. The second-order valence-corrected chi connectivity index (χ2v) is 15.5. The maximum absolute atomic E-state index is 2.53. The molecule has 2 heteroatoms. The molecule has 10 aromatic rings. The van der Waals surface area contributed by atoms with Crippen LogP contribution in [0.15, 0.2) is 176 Å². The molecule has 2 heterocycles. The summed E-state index contributed by atoms with van der Waals surface area (Å²) in [5, 5.41) is 5.25. The molecule has 2 aliphatic rings. The van der Waals surface area contributed by atoms with Crippen LogP contribution in [0.3, 0.4) is 0 Å². The van der Waals surface area contributed by atoms with Gasteiger partial charge >= 0.3 is 0 Å². The van der Waals surface area contributed by atoms with Crippen molar-refractivity contribution in [1.82, 2.24) is 4.57 Å². The van der Waals surface area contributed by atoms with Crippen LogP contribution in [0.4, 0.5) is 0 Å². The summed E-state index contributed by atoms with van der Waals surface area (Å²) in [5.74, 6) is 0.388. The molecule has 8 aromatic carbocycles. The van der Waals surface area contributed by atoms with Crippen molar-refractivity contribution in [3.05, 3.63) is 209 Å². The number of aromatic nitrogens is 1. The van der Waals surface area contributed by atoms with E-state index in [1.807, 2.05) is 11.3 Å². The third-order valence-corrected chi connectivity index (χ3v) is 12.9. The molecular weight excluding hydrogens is 647 g/mol. The van der Waals surface area contributed by atoms with Crippen LogP contribution in [-0.2, 0) is 0 Å². The Hall–Kier alpha value is -6.22. The van der Waals surface area contributed by atoms with Gasteiger partial charge in [-0.05, 0) is 104 Å². The molecule has 0 saturated heterocycles. The monoisotopic (exact) mass is 677 g/mol. The molecule has 0 N–H and O–H groups in total. The van der Waals surface area contributed by atoms with Gasteiger partial charge in [0.1, 0.15) is 0 Å². The first-order valence-electron chi connectivity index (χ1n) is 18.2. The number of rotatable bonds is 3. The minimum absolute atomic E-state index is 0.154. The molecule has 0 aliphatic heterocycles. The molecule has 0 amide bonds. The Morgan fingerprint density at radius 1 is 0.346 bits per heavy atom. The van der Waals surface area contributed by atoms with Gasteiger partial charge in [-0.1, -0.05) is 127 Å². The van der Waals surface area contributed by atoms with Crippen LogP contribution in [0.25, 0.3) is 69.9 Å². The van der Waals surface area contributed by atoms with Crippen molar-refractivity contribution in [3.8, 4) is 27.9 Å². The van der Waals surface area contributed by atoms with Gasteiger partial charge in [0.2, 0.25) is 0 Å². The van der Waals surface area contributed by atoms with Crippen LogP contribution in [0, 0.1) is 0 Å². The highest BCUT2D eigenvalue weighted by Crippen LogP contribution is 2.55. The van der Waals surface area contributed by atoms with E-state index in [1.165, 1.54) is 103 Å². The summed E-state index contributed by atoms with van der Waals surface area (Å²) < 4.78 is 5.12. The first-order valence-corrected chi connectivity index (χ1v) is 19.0. The normalized spacial score (nSPS) is 15.7. The van der Waals surface area contributed by atoms with E-state index in [9.17, 15) is 0 Å². The lowest BCUT2D eigenvalue weighted by atomic mass is 9.85. The van der Waals surface area contributed by atoms with E-state index in [2.05, 4.69) is 180 Å². The highest BCUT2D eigenvalue weighted by atomic mass is 32.1. The van der Waals surface area contributed by atoms with Crippen molar-refractivity contribution in [2.24, 2.45) is 0 Å². The van der Waals surface area contributed by atoms with Crippen molar-refractivity contribution in [3.63, 3.8) is 0 Å². The minimum atomic E-state index is 0.154. The summed E-state index contributed by atoms with van der Waals surface area (Å²) in [6, 6.07) is 66.1. The van der Waals surface area contributed by atoms with Gasteiger partial charge in [0, 0.05) is 48.5 Å². The van der Waals surface area contributed by atoms with Crippen molar-refractivity contribution in [2.75, 3.05) is 0 Å². The van der Waals surface area contributed by atoms with E-state index in [1.54, 1.807) is 0 Å². The zero-order chi connectivity index (χ0) is 33.9. The van der Waals surface area contributed by atoms with E-state index in [-0.39, 0.29) is 11.8 Å². The number of para-hydroxylation sites is 1. The van der Waals surface area contributed by atoms with Gasteiger partial charge in [-0.15, -0.1) is 11.3 Å². The Balaban J connectivity index is 1.06. The smallest absolute Gasteiger partial charge is 0.0541 e. The molecule has 2 unspecified atom stereocenters. The summed E-state index contributed by atoms with van der Waals surface area (Å²) in [6.07, 6.45) is 0. The molecular formula is C50H31NS. The van der Waals surface area contributed by atoms with Crippen LogP contribution in [-0.4, -0.2) is 4.57 Å². The topological polar surface area (TPSA) is 4.93 Å². The molecule has 12 rings (SSSR count). The van der Waals surface area contributed by atoms with Gasteiger partial charge in [0.05, 0.1) is 11.0 Å². The molecule has 1 nitrogen and oxygen atoms in total. The second kappa shape index (κ2) is 10.6. The van der Waals surface area contributed by atoms with Crippen molar-refractivity contribution >= 4 is 53.3 Å². The summed E-state index contributed by atoms with van der Waals surface area (Å²) in [6.45, 7) is 0. The highest BCUT2D eigenvalue weighted by molar-refractivity contribution is 7.25. The van der Waals surface area contributed by atoms with Gasteiger partial charge in [-0.2, -0.15) is 0 Å². The fourth-order valence-electron chi connectivity index (χ4n) is 9.57. The third-order valence-electron chi connectivity index (χ3n) is 11.8. The molecule has 2 atom stereocenters. The molecule has 0 fully saturated rings. The van der Waals surface area contributed by atoms with Crippen LogP contribution < -0.4 is 0 Å². The van der Waals surface area contributed by atoms with Crippen molar-refractivity contribution in [1.29, 1.82) is 0 Å². The maximum Gasteiger partial charge on any atom is 0.0541 e. The molecule has 0 radical (unpaired) electrons. The lowest BCUT2D eigenvalue weighted by Crippen LogP contribution is -2.01. The minimum Gasteiger partial charge on any atom is -0.309 e. The van der Waals surface area contributed by atoms with E-state index >= 15 is 0 Å².